The molecule has 1 amide bonds. The van der Waals surface area contributed by atoms with Gasteiger partial charge in [0.25, 0.3) is 0 Å². The normalized spacial score (nSPS) is 11.6. The summed E-state index contributed by atoms with van der Waals surface area (Å²) in [6.45, 7) is 3.40. The van der Waals surface area contributed by atoms with Gasteiger partial charge in [0.2, 0.25) is 5.91 Å². The Morgan fingerprint density at radius 1 is 1.32 bits per heavy atom. The standard InChI is InChI=1S/C16H20BrNO4/c1-11(12(2)19)18-16(21)10-14(20)6-4-8-22-15-7-3-5-13(17)9-15/h3,5,7,9,11H,4,6,8,10H2,1-2H3,(H,18,21). The second kappa shape index (κ2) is 9.35. The molecule has 0 aromatic heterocycles. The van der Waals surface area contributed by atoms with E-state index >= 15 is 0 Å². The van der Waals surface area contributed by atoms with Crippen LogP contribution in [0.15, 0.2) is 28.7 Å². The average Bonchev–Trinajstić information content (AvgIpc) is 2.43. The predicted molar refractivity (Wildman–Crippen MR) is 86.8 cm³/mol. The minimum Gasteiger partial charge on any atom is -0.494 e. The Labute approximate surface area is 138 Å². The van der Waals surface area contributed by atoms with Gasteiger partial charge in [0.1, 0.15) is 11.5 Å². The van der Waals surface area contributed by atoms with Gasteiger partial charge in [0, 0.05) is 10.9 Å². The number of carbonyl (C=O) groups excluding carboxylic acids is 3. The van der Waals surface area contributed by atoms with Gasteiger partial charge in [-0.15, -0.1) is 0 Å². The van der Waals surface area contributed by atoms with Crippen LogP contribution in [-0.2, 0) is 14.4 Å². The van der Waals surface area contributed by atoms with Crippen LogP contribution in [0.3, 0.4) is 0 Å². The van der Waals surface area contributed by atoms with Crippen molar-refractivity contribution in [1.29, 1.82) is 0 Å². The van der Waals surface area contributed by atoms with Crippen molar-refractivity contribution in [3.8, 4) is 5.75 Å². The molecule has 1 atom stereocenters. The molecule has 0 aliphatic carbocycles. The molecule has 1 unspecified atom stereocenters. The third kappa shape index (κ3) is 7.36. The fraction of sp³-hybridized carbons (Fsp3) is 0.438. The van der Waals surface area contributed by atoms with Crippen LogP contribution in [0.1, 0.15) is 33.1 Å². The summed E-state index contributed by atoms with van der Waals surface area (Å²) in [4.78, 5) is 34.2. The molecule has 0 aliphatic heterocycles. The summed E-state index contributed by atoms with van der Waals surface area (Å²) >= 11 is 3.35. The first-order chi connectivity index (χ1) is 10.4. The van der Waals surface area contributed by atoms with E-state index in [2.05, 4.69) is 21.2 Å². The largest absolute Gasteiger partial charge is 0.494 e. The van der Waals surface area contributed by atoms with Crippen molar-refractivity contribution in [3.63, 3.8) is 0 Å². The van der Waals surface area contributed by atoms with E-state index in [0.29, 0.717) is 13.0 Å². The van der Waals surface area contributed by atoms with E-state index in [1.807, 2.05) is 24.3 Å². The lowest BCUT2D eigenvalue weighted by Gasteiger charge is -2.10. The molecule has 120 valence electrons. The lowest BCUT2D eigenvalue weighted by atomic mass is 10.1. The first kappa shape index (κ1) is 18.4. The maximum Gasteiger partial charge on any atom is 0.228 e. The number of halogens is 1. The van der Waals surface area contributed by atoms with Gasteiger partial charge in [-0.05, 0) is 38.5 Å². The van der Waals surface area contributed by atoms with E-state index in [9.17, 15) is 14.4 Å². The molecular weight excluding hydrogens is 350 g/mol. The summed E-state index contributed by atoms with van der Waals surface area (Å²) in [6.07, 6.45) is 0.616. The fourth-order valence-electron chi connectivity index (χ4n) is 1.68. The van der Waals surface area contributed by atoms with Crippen LogP contribution in [0.25, 0.3) is 0 Å². The molecule has 1 aromatic rings. The second-order valence-electron chi connectivity index (χ2n) is 5.02. The number of ketones is 2. The number of hydrogen-bond donors (Lipinski definition) is 1. The zero-order valence-corrected chi connectivity index (χ0v) is 14.3. The third-order valence-corrected chi connectivity index (χ3v) is 3.50. The maximum atomic E-state index is 11.7. The van der Waals surface area contributed by atoms with Crippen LogP contribution in [0.4, 0.5) is 0 Å². The van der Waals surface area contributed by atoms with Crippen molar-refractivity contribution in [3.05, 3.63) is 28.7 Å². The molecule has 0 spiro atoms. The van der Waals surface area contributed by atoms with Crippen LogP contribution in [0.5, 0.6) is 5.75 Å². The van der Waals surface area contributed by atoms with E-state index in [0.717, 1.165) is 10.2 Å². The highest BCUT2D eigenvalue weighted by Crippen LogP contribution is 2.17. The molecular formula is C16H20BrNO4. The highest BCUT2D eigenvalue weighted by molar-refractivity contribution is 9.10. The monoisotopic (exact) mass is 369 g/mol. The zero-order chi connectivity index (χ0) is 16.5. The van der Waals surface area contributed by atoms with Crippen molar-refractivity contribution in [2.24, 2.45) is 0 Å². The SMILES string of the molecule is CC(=O)C(C)NC(=O)CC(=O)CCCOc1cccc(Br)c1. The van der Waals surface area contributed by atoms with Gasteiger partial charge in [0.15, 0.2) is 5.78 Å². The molecule has 0 saturated carbocycles. The Hall–Kier alpha value is -1.69. The summed E-state index contributed by atoms with van der Waals surface area (Å²) in [5.74, 6) is 0.0183. The minimum atomic E-state index is -0.555. The van der Waals surface area contributed by atoms with E-state index in [-0.39, 0.29) is 24.4 Å². The summed E-state index contributed by atoms with van der Waals surface area (Å²) < 4.78 is 6.44. The highest BCUT2D eigenvalue weighted by atomic mass is 79.9. The zero-order valence-electron chi connectivity index (χ0n) is 12.7. The van der Waals surface area contributed by atoms with Gasteiger partial charge in [-0.3, -0.25) is 14.4 Å². The van der Waals surface area contributed by atoms with Crippen LogP contribution in [0, 0.1) is 0 Å². The quantitative estimate of drug-likeness (QED) is 0.536. The summed E-state index contributed by atoms with van der Waals surface area (Å²) in [5, 5.41) is 2.49. The molecule has 0 bridgehead atoms. The van der Waals surface area contributed by atoms with Crippen molar-refractivity contribution >= 4 is 33.4 Å². The lowest BCUT2D eigenvalue weighted by Crippen LogP contribution is -2.38. The molecule has 5 nitrogen and oxygen atoms in total. The van der Waals surface area contributed by atoms with E-state index < -0.39 is 11.9 Å². The van der Waals surface area contributed by atoms with Crippen LogP contribution in [0.2, 0.25) is 0 Å². The molecule has 0 aliphatic rings. The van der Waals surface area contributed by atoms with Gasteiger partial charge in [0.05, 0.1) is 19.1 Å². The Kier molecular flexibility index (Phi) is 7.80. The molecule has 1 N–H and O–H groups in total. The summed E-state index contributed by atoms with van der Waals surface area (Å²) in [5.41, 5.74) is 0. The molecule has 0 heterocycles. The highest BCUT2D eigenvalue weighted by Gasteiger charge is 2.14. The van der Waals surface area contributed by atoms with Crippen LogP contribution >= 0.6 is 15.9 Å². The van der Waals surface area contributed by atoms with Crippen LogP contribution in [-0.4, -0.2) is 30.1 Å². The van der Waals surface area contributed by atoms with E-state index in [1.165, 1.54) is 6.92 Å². The van der Waals surface area contributed by atoms with Crippen molar-refractivity contribution in [2.45, 2.75) is 39.2 Å². The number of rotatable bonds is 9. The molecule has 22 heavy (non-hydrogen) atoms. The molecule has 0 fully saturated rings. The Morgan fingerprint density at radius 2 is 2.05 bits per heavy atom. The Bertz CT molecular complexity index is 545. The number of benzene rings is 1. The fourth-order valence-corrected chi connectivity index (χ4v) is 2.06. The van der Waals surface area contributed by atoms with Crippen molar-refractivity contribution < 1.29 is 19.1 Å². The second-order valence-corrected chi connectivity index (χ2v) is 5.94. The third-order valence-electron chi connectivity index (χ3n) is 3.01. The Balaban J connectivity index is 2.20. The average molecular weight is 370 g/mol. The predicted octanol–water partition coefficient (Wildman–Crippen LogP) is 2.66. The topological polar surface area (TPSA) is 72.5 Å². The van der Waals surface area contributed by atoms with Crippen molar-refractivity contribution in [2.75, 3.05) is 6.61 Å². The molecule has 0 radical (unpaired) electrons. The Morgan fingerprint density at radius 3 is 2.68 bits per heavy atom. The summed E-state index contributed by atoms with van der Waals surface area (Å²) in [6, 6.07) is 6.89. The minimum absolute atomic E-state index is 0.136. The smallest absolute Gasteiger partial charge is 0.228 e. The van der Waals surface area contributed by atoms with E-state index in [4.69, 9.17) is 4.74 Å². The van der Waals surface area contributed by atoms with Gasteiger partial charge in [-0.2, -0.15) is 0 Å². The summed E-state index contributed by atoms with van der Waals surface area (Å²) in [7, 11) is 0. The molecule has 0 saturated heterocycles. The first-order valence-electron chi connectivity index (χ1n) is 7.08. The van der Waals surface area contributed by atoms with Gasteiger partial charge in [-0.25, -0.2) is 0 Å². The number of ether oxygens (including phenoxy) is 1. The molecule has 6 heteroatoms. The number of nitrogens with one attached hydrogen (secondary N) is 1. The molecule has 1 aromatic carbocycles. The van der Waals surface area contributed by atoms with Gasteiger partial charge < -0.3 is 10.1 Å². The van der Waals surface area contributed by atoms with Crippen LogP contribution < -0.4 is 10.1 Å². The van der Waals surface area contributed by atoms with Gasteiger partial charge in [-0.1, -0.05) is 22.0 Å². The number of Topliss-reactive ketones (excluding diaryl/α,β-unsaturated/α-hetero) is 2. The number of hydrogen-bond acceptors (Lipinski definition) is 4. The number of carbonyl (C=O) groups is 3. The first-order valence-corrected chi connectivity index (χ1v) is 7.87. The lowest BCUT2D eigenvalue weighted by molar-refractivity contribution is -0.131. The van der Waals surface area contributed by atoms with Crippen molar-refractivity contribution in [1.82, 2.24) is 5.32 Å². The maximum absolute atomic E-state index is 11.7. The van der Waals surface area contributed by atoms with Gasteiger partial charge >= 0.3 is 0 Å². The number of amides is 1. The molecule has 1 rings (SSSR count). The van der Waals surface area contributed by atoms with E-state index in [1.54, 1.807) is 6.92 Å².